The van der Waals surface area contributed by atoms with Gasteiger partial charge in [0.1, 0.15) is 0 Å². The van der Waals surface area contributed by atoms with Crippen molar-refractivity contribution in [3.05, 3.63) is 22.4 Å². The normalized spacial score (nSPS) is 19.2. The van der Waals surface area contributed by atoms with Crippen molar-refractivity contribution in [1.82, 2.24) is 15.4 Å². The van der Waals surface area contributed by atoms with Crippen molar-refractivity contribution in [2.24, 2.45) is 4.99 Å². The first kappa shape index (κ1) is 19.2. The van der Waals surface area contributed by atoms with Gasteiger partial charge >= 0.3 is 0 Å². The van der Waals surface area contributed by atoms with Gasteiger partial charge in [-0.1, -0.05) is 0 Å². The number of thiophene rings is 1. The zero-order valence-corrected chi connectivity index (χ0v) is 15.6. The van der Waals surface area contributed by atoms with E-state index in [4.69, 9.17) is 4.74 Å². The summed E-state index contributed by atoms with van der Waals surface area (Å²) in [5.41, 5.74) is 1.17. The van der Waals surface area contributed by atoms with Crippen LogP contribution in [0.15, 0.2) is 21.8 Å². The molecule has 1 atom stereocenters. The lowest BCUT2D eigenvalue weighted by Crippen LogP contribution is -2.42. The fourth-order valence-electron chi connectivity index (χ4n) is 2.36. The molecule has 1 aromatic rings. The van der Waals surface area contributed by atoms with E-state index in [1.54, 1.807) is 18.4 Å². The molecule has 1 aliphatic rings. The largest absolute Gasteiger partial charge is 0.377 e. The quantitative estimate of drug-likeness (QED) is 0.464. The summed E-state index contributed by atoms with van der Waals surface area (Å²) in [5.74, 6) is 0.589. The molecule has 136 valence electrons. The zero-order chi connectivity index (χ0) is 17.3. The number of hydrogen-bond donors (Lipinski definition) is 3. The predicted octanol–water partition coefficient (Wildman–Crippen LogP) is 0.902. The maximum Gasteiger partial charge on any atom is 0.213 e. The van der Waals surface area contributed by atoms with Gasteiger partial charge in [0, 0.05) is 33.3 Å². The number of sulfonamides is 1. The average molecular weight is 375 g/mol. The Morgan fingerprint density at radius 2 is 2.29 bits per heavy atom. The summed E-state index contributed by atoms with van der Waals surface area (Å²) in [4.78, 5) is 4.09. The smallest absolute Gasteiger partial charge is 0.213 e. The summed E-state index contributed by atoms with van der Waals surface area (Å²) in [5, 5.41) is 10.2. The molecule has 1 unspecified atom stereocenters. The number of guanidine groups is 1. The number of nitrogens with zero attached hydrogens (tertiary/aromatic N) is 1. The highest BCUT2D eigenvalue weighted by Crippen LogP contribution is 2.11. The van der Waals surface area contributed by atoms with Crippen molar-refractivity contribution in [1.29, 1.82) is 0 Å². The molecule has 24 heavy (non-hydrogen) atoms. The number of nitrogens with one attached hydrogen (secondary N) is 3. The highest BCUT2D eigenvalue weighted by molar-refractivity contribution is 7.89. The fraction of sp³-hybridized carbons (Fsp3) is 0.667. The van der Waals surface area contributed by atoms with Gasteiger partial charge < -0.3 is 15.4 Å². The minimum atomic E-state index is -3.32. The van der Waals surface area contributed by atoms with Crippen LogP contribution < -0.4 is 15.4 Å². The van der Waals surface area contributed by atoms with Gasteiger partial charge in [0.2, 0.25) is 10.0 Å². The Morgan fingerprint density at radius 3 is 2.96 bits per heavy atom. The monoisotopic (exact) mass is 374 g/mol. The number of rotatable bonds is 8. The van der Waals surface area contributed by atoms with E-state index >= 15 is 0 Å². The van der Waals surface area contributed by atoms with E-state index in [-0.39, 0.29) is 11.9 Å². The SMILES string of the molecule is CN=C(NCCS(=O)(=O)NCC1CCCCO1)NCc1ccsc1. The Balaban J connectivity index is 1.64. The van der Waals surface area contributed by atoms with Crippen molar-refractivity contribution in [3.8, 4) is 0 Å². The van der Waals surface area contributed by atoms with Gasteiger partial charge in [-0.3, -0.25) is 4.99 Å². The molecular formula is C15H26N4O3S2. The van der Waals surface area contributed by atoms with Gasteiger partial charge in [-0.15, -0.1) is 0 Å². The van der Waals surface area contributed by atoms with Crippen LogP contribution >= 0.6 is 11.3 Å². The molecule has 0 aromatic carbocycles. The average Bonchev–Trinajstić information content (AvgIpc) is 3.10. The van der Waals surface area contributed by atoms with Gasteiger partial charge in [0.25, 0.3) is 0 Å². The topological polar surface area (TPSA) is 91.8 Å². The summed E-state index contributed by atoms with van der Waals surface area (Å²) in [7, 11) is -1.65. The van der Waals surface area contributed by atoms with Crippen LogP contribution in [0.2, 0.25) is 0 Å². The van der Waals surface area contributed by atoms with E-state index in [2.05, 4.69) is 25.7 Å². The Bertz CT molecular complexity index is 596. The van der Waals surface area contributed by atoms with E-state index in [9.17, 15) is 8.42 Å². The van der Waals surface area contributed by atoms with E-state index in [0.29, 0.717) is 25.6 Å². The van der Waals surface area contributed by atoms with Gasteiger partial charge in [-0.2, -0.15) is 11.3 Å². The molecule has 0 radical (unpaired) electrons. The third-order valence-electron chi connectivity index (χ3n) is 3.73. The molecular weight excluding hydrogens is 348 g/mol. The Morgan fingerprint density at radius 1 is 1.42 bits per heavy atom. The summed E-state index contributed by atoms with van der Waals surface area (Å²) in [6.07, 6.45) is 3.08. The van der Waals surface area contributed by atoms with Crippen LogP contribution in [0.4, 0.5) is 0 Å². The molecule has 0 bridgehead atoms. The predicted molar refractivity (Wildman–Crippen MR) is 97.9 cm³/mol. The van der Waals surface area contributed by atoms with Crippen LogP contribution in [0.3, 0.4) is 0 Å². The van der Waals surface area contributed by atoms with Gasteiger partial charge in [-0.25, -0.2) is 13.1 Å². The van der Waals surface area contributed by atoms with Crippen LogP contribution in [-0.2, 0) is 21.3 Å². The molecule has 3 N–H and O–H groups in total. The molecule has 9 heteroatoms. The minimum absolute atomic E-state index is 0.00112. The highest BCUT2D eigenvalue weighted by Gasteiger charge is 2.17. The molecule has 2 heterocycles. The van der Waals surface area contributed by atoms with Gasteiger partial charge in [0.05, 0.1) is 11.9 Å². The molecule has 1 saturated heterocycles. The minimum Gasteiger partial charge on any atom is -0.377 e. The summed E-state index contributed by atoms with van der Waals surface area (Å²) >= 11 is 1.64. The lowest BCUT2D eigenvalue weighted by molar-refractivity contribution is 0.0200. The molecule has 0 aliphatic carbocycles. The fourth-order valence-corrected chi connectivity index (χ4v) is 3.99. The van der Waals surface area contributed by atoms with E-state index < -0.39 is 10.0 Å². The molecule has 7 nitrogen and oxygen atoms in total. The first-order chi connectivity index (χ1) is 11.6. The van der Waals surface area contributed by atoms with E-state index in [0.717, 1.165) is 25.9 Å². The maximum absolute atomic E-state index is 12.0. The molecule has 0 spiro atoms. The summed E-state index contributed by atoms with van der Waals surface area (Å²) in [6, 6.07) is 2.03. The van der Waals surface area contributed by atoms with Crippen LogP contribution in [0.5, 0.6) is 0 Å². The number of hydrogen-bond acceptors (Lipinski definition) is 5. The van der Waals surface area contributed by atoms with Crippen molar-refractivity contribution >= 4 is 27.3 Å². The molecule has 2 rings (SSSR count). The Labute approximate surface area is 147 Å². The maximum atomic E-state index is 12.0. The van der Waals surface area contributed by atoms with Crippen LogP contribution in [0.1, 0.15) is 24.8 Å². The lowest BCUT2D eigenvalue weighted by atomic mass is 10.1. The van der Waals surface area contributed by atoms with Crippen LogP contribution in [0.25, 0.3) is 0 Å². The van der Waals surface area contributed by atoms with E-state index in [1.165, 1.54) is 5.56 Å². The Hall–Kier alpha value is -1.16. The summed E-state index contributed by atoms with van der Waals surface area (Å²) < 4.78 is 32.2. The standard InChI is InChI=1S/C15H26N4O3S2/c1-16-15(18-10-13-5-8-23-12-13)17-6-9-24(20,21)19-11-14-4-2-3-7-22-14/h5,8,12,14,19H,2-4,6-7,9-11H2,1H3,(H2,16,17,18). The van der Waals surface area contributed by atoms with Crippen molar-refractivity contribution < 1.29 is 13.2 Å². The Kier molecular flexibility index (Phi) is 7.97. The lowest BCUT2D eigenvalue weighted by Gasteiger charge is -2.22. The van der Waals surface area contributed by atoms with Crippen molar-refractivity contribution in [2.45, 2.75) is 31.9 Å². The second kappa shape index (κ2) is 9.97. The third kappa shape index (κ3) is 7.16. The van der Waals surface area contributed by atoms with Gasteiger partial charge in [-0.05, 0) is 41.7 Å². The molecule has 1 aliphatic heterocycles. The van der Waals surface area contributed by atoms with Crippen molar-refractivity contribution in [3.63, 3.8) is 0 Å². The first-order valence-corrected chi connectivity index (χ1v) is 10.7. The molecule has 1 fully saturated rings. The summed E-state index contributed by atoms with van der Waals surface area (Å²) in [6.45, 7) is 2.03. The highest BCUT2D eigenvalue weighted by atomic mass is 32.2. The van der Waals surface area contributed by atoms with E-state index in [1.807, 2.05) is 11.4 Å². The van der Waals surface area contributed by atoms with Crippen LogP contribution in [-0.4, -0.2) is 53.0 Å². The zero-order valence-electron chi connectivity index (χ0n) is 14.0. The molecule has 1 aromatic heterocycles. The second-order valence-corrected chi connectivity index (χ2v) is 8.35. The third-order valence-corrected chi connectivity index (χ3v) is 5.81. The first-order valence-electron chi connectivity index (χ1n) is 8.13. The van der Waals surface area contributed by atoms with Crippen LogP contribution in [0, 0.1) is 0 Å². The second-order valence-electron chi connectivity index (χ2n) is 5.64. The number of aliphatic imine (C=N–C) groups is 1. The molecule has 0 saturated carbocycles. The number of ether oxygens (including phenoxy) is 1. The molecule has 0 amide bonds. The van der Waals surface area contributed by atoms with Gasteiger partial charge in [0.15, 0.2) is 5.96 Å². The van der Waals surface area contributed by atoms with Crippen molar-refractivity contribution in [2.75, 3.05) is 32.5 Å².